The number of likely N-dealkylation sites (tertiary alicyclic amines) is 2. The van der Waals surface area contributed by atoms with Crippen LogP contribution in [0.5, 0.6) is 0 Å². The van der Waals surface area contributed by atoms with Gasteiger partial charge in [-0.25, -0.2) is 9.59 Å². The van der Waals surface area contributed by atoms with Gasteiger partial charge in [0, 0.05) is 49.2 Å². The molecule has 3 aliphatic rings. The highest BCUT2D eigenvalue weighted by atomic mass is 16.5. The molecule has 1 aromatic carbocycles. The normalized spacial score (nSPS) is 17.6. The Bertz CT molecular complexity index is 1080. The second kappa shape index (κ2) is 10.6. The molecule has 0 aliphatic carbocycles. The topological polar surface area (TPSA) is 96.5 Å². The molecular weight excluding hydrogens is 450 g/mol. The number of carbonyl (C=O) groups excluding carboxylic acids is 4. The smallest absolute Gasteiger partial charge is 0.355 e. The van der Waals surface area contributed by atoms with Gasteiger partial charge in [0.15, 0.2) is 0 Å². The minimum Gasteiger partial charge on any atom is -0.465 e. The van der Waals surface area contributed by atoms with Crippen LogP contribution < -0.4 is 4.90 Å². The van der Waals surface area contributed by atoms with Crippen molar-refractivity contribution in [3.8, 4) is 0 Å². The van der Waals surface area contributed by atoms with E-state index in [1.807, 2.05) is 0 Å². The van der Waals surface area contributed by atoms with Gasteiger partial charge in [-0.2, -0.15) is 0 Å². The summed E-state index contributed by atoms with van der Waals surface area (Å²) in [6.45, 7) is 2.63. The summed E-state index contributed by atoms with van der Waals surface area (Å²) in [7, 11) is 2.44. The molecule has 9 nitrogen and oxygen atoms in total. The van der Waals surface area contributed by atoms with Gasteiger partial charge in [0.2, 0.25) is 0 Å². The lowest BCUT2D eigenvalue weighted by molar-refractivity contribution is -0.139. The molecule has 3 aliphatic heterocycles. The Morgan fingerprint density at radius 3 is 1.71 bits per heavy atom. The zero-order valence-corrected chi connectivity index (χ0v) is 20.0. The number of amides is 2. The summed E-state index contributed by atoms with van der Waals surface area (Å²) in [5.74, 6) is -1.82. The summed E-state index contributed by atoms with van der Waals surface area (Å²) in [4.78, 5) is 57.0. The van der Waals surface area contributed by atoms with Crippen molar-refractivity contribution in [2.24, 2.45) is 0 Å². The lowest BCUT2D eigenvalue weighted by atomic mass is 10.0. The number of methoxy groups -OCH3 is 2. The molecule has 4 rings (SSSR count). The molecule has 0 bridgehead atoms. The molecule has 0 radical (unpaired) electrons. The maximum absolute atomic E-state index is 13.3. The molecular formula is C26H29N3O6. The molecule has 0 saturated carbocycles. The first-order valence-corrected chi connectivity index (χ1v) is 11.7. The molecule has 0 spiro atoms. The average molecular weight is 480 g/mol. The highest BCUT2D eigenvalue weighted by Gasteiger charge is 2.30. The fourth-order valence-electron chi connectivity index (χ4n) is 4.57. The van der Waals surface area contributed by atoms with E-state index >= 15 is 0 Å². The van der Waals surface area contributed by atoms with Gasteiger partial charge < -0.3 is 24.2 Å². The second-order valence-electron chi connectivity index (χ2n) is 8.58. The van der Waals surface area contributed by atoms with Gasteiger partial charge in [0.25, 0.3) is 11.8 Å². The van der Waals surface area contributed by atoms with Crippen molar-refractivity contribution in [2.45, 2.75) is 25.7 Å². The van der Waals surface area contributed by atoms with Crippen LogP contribution in [0, 0.1) is 0 Å². The molecule has 184 valence electrons. The second-order valence-corrected chi connectivity index (χ2v) is 8.58. The molecule has 1 aromatic rings. The molecule has 9 heteroatoms. The Balaban J connectivity index is 1.86. The summed E-state index contributed by atoms with van der Waals surface area (Å²) in [5.41, 5.74) is 1.00. The van der Waals surface area contributed by atoms with E-state index in [9.17, 15) is 19.2 Å². The number of allylic oxidation sites excluding steroid dienone is 2. The van der Waals surface area contributed by atoms with E-state index in [0.717, 1.165) is 25.7 Å². The third-order valence-electron chi connectivity index (χ3n) is 6.37. The van der Waals surface area contributed by atoms with E-state index in [1.165, 1.54) is 25.2 Å². The minimum absolute atomic E-state index is 0.00644. The molecule has 0 N–H and O–H groups in total. The number of hydrogen-bond donors (Lipinski definition) is 0. The van der Waals surface area contributed by atoms with Gasteiger partial charge >= 0.3 is 11.9 Å². The first-order valence-electron chi connectivity index (χ1n) is 11.7. The van der Waals surface area contributed by atoms with Crippen LogP contribution >= 0.6 is 0 Å². The SMILES string of the molecule is COC(=O)C1=C(C(=O)OC)N(c2cc(C(=O)N3CCCC3)cc(C(=O)N3CCCC3)c2)C=CC=C1. The number of carbonyl (C=O) groups is 4. The molecule has 0 aromatic heterocycles. The van der Waals surface area contributed by atoms with E-state index in [0.29, 0.717) is 43.0 Å². The van der Waals surface area contributed by atoms with Crippen LogP contribution in [0.4, 0.5) is 5.69 Å². The van der Waals surface area contributed by atoms with Crippen LogP contribution in [0.2, 0.25) is 0 Å². The lowest BCUT2D eigenvalue weighted by Crippen LogP contribution is -2.31. The number of esters is 2. The van der Waals surface area contributed by atoms with Gasteiger partial charge in [-0.3, -0.25) is 9.59 Å². The number of nitrogens with zero attached hydrogens (tertiary/aromatic N) is 3. The minimum atomic E-state index is -0.759. The number of hydrogen-bond acceptors (Lipinski definition) is 7. The Hall–Kier alpha value is -3.88. The van der Waals surface area contributed by atoms with Gasteiger partial charge in [-0.05, 0) is 56.0 Å². The van der Waals surface area contributed by atoms with Crippen LogP contribution in [0.1, 0.15) is 46.4 Å². The molecule has 2 fully saturated rings. The summed E-state index contributed by atoms with van der Waals surface area (Å²) < 4.78 is 9.86. The Morgan fingerprint density at radius 1 is 0.714 bits per heavy atom. The third kappa shape index (κ3) is 4.99. The van der Waals surface area contributed by atoms with Crippen molar-refractivity contribution < 1.29 is 28.7 Å². The van der Waals surface area contributed by atoms with Gasteiger partial charge in [-0.15, -0.1) is 0 Å². The van der Waals surface area contributed by atoms with Crippen molar-refractivity contribution in [2.75, 3.05) is 45.3 Å². The predicted octanol–water partition coefficient (Wildman–Crippen LogP) is 2.65. The van der Waals surface area contributed by atoms with Crippen LogP contribution in [-0.2, 0) is 19.1 Å². The predicted molar refractivity (Wildman–Crippen MR) is 129 cm³/mol. The fraction of sp³-hybridized carbons (Fsp3) is 0.385. The number of benzene rings is 1. The fourth-order valence-corrected chi connectivity index (χ4v) is 4.57. The Labute approximate surface area is 204 Å². The molecule has 2 saturated heterocycles. The molecule has 0 atom stereocenters. The van der Waals surface area contributed by atoms with E-state index in [2.05, 4.69) is 0 Å². The molecule has 35 heavy (non-hydrogen) atoms. The van der Waals surface area contributed by atoms with Crippen molar-refractivity contribution in [3.63, 3.8) is 0 Å². The number of rotatable bonds is 5. The summed E-state index contributed by atoms with van der Waals surface area (Å²) in [6, 6.07) is 4.89. The van der Waals surface area contributed by atoms with E-state index in [1.54, 1.807) is 46.4 Å². The average Bonchev–Trinajstić information content (AvgIpc) is 3.58. The quantitative estimate of drug-likeness (QED) is 0.599. The Kier molecular flexibility index (Phi) is 7.33. The van der Waals surface area contributed by atoms with Crippen molar-refractivity contribution in [3.05, 3.63) is 65.0 Å². The van der Waals surface area contributed by atoms with Crippen molar-refractivity contribution >= 4 is 29.4 Å². The number of ether oxygens (including phenoxy) is 2. The molecule has 2 amide bonds. The highest BCUT2D eigenvalue weighted by molar-refractivity contribution is 6.06. The maximum atomic E-state index is 13.3. The van der Waals surface area contributed by atoms with E-state index in [4.69, 9.17) is 9.47 Å². The zero-order valence-electron chi connectivity index (χ0n) is 20.0. The standard InChI is InChI=1S/C26H29N3O6/c1-34-25(32)21-9-3-4-14-29(22(21)26(33)35-2)20-16-18(23(30)27-10-5-6-11-27)15-19(17-20)24(31)28-12-7-8-13-28/h3-4,9,14-17H,5-8,10-13H2,1-2H3. The third-order valence-corrected chi connectivity index (χ3v) is 6.37. The molecule has 3 heterocycles. The van der Waals surface area contributed by atoms with E-state index < -0.39 is 11.9 Å². The van der Waals surface area contributed by atoms with Crippen LogP contribution in [0.15, 0.2) is 53.9 Å². The first kappa shape index (κ1) is 24.3. The van der Waals surface area contributed by atoms with E-state index in [-0.39, 0.29) is 23.1 Å². The summed E-state index contributed by atoms with van der Waals surface area (Å²) >= 11 is 0. The lowest BCUT2D eigenvalue weighted by Gasteiger charge is -2.25. The monoisotopic (exact) mass is 479 g/mol. The number of anilines is 1. The van der Waals surface area contributed by atoms with Crippen LogP contribution in [-0.4, -0.2) is 74.0 Å². The van der Waals surface area contributed by atoms with Crippen molar-refractivity contribution in [1.82, 2.24) is 9.80 Å². The van der Waals surface area contributed by atoms with Crippen LogP contribution in [0.3, 0.4) is 0 Å². The van der Waals surface area contributed by atoms with Gasteiger partial charge in [0.05, 0.1) is 19.8 Å². The van der Waals surface area contributed by atoms with Gasteiger partial charge in [-0.1, -0.05) is 6.08 Å². The molecule has 0 unspecified atom stereocenters. The van der Waals surface area contributed by atoms with Gasteiger partial charge in [0.1, 0.15) is 5.70 Å². The first-order chi connectivity index (χ1) is 16.9. The highest BCUT2D eigenvalue weighted by Crippen LogP contribution is 2.30. The maximum Gasteiger partial charge on any atom is 0.355 e. The Morgan fingerprint density at radius 2 is 1.23 bits per heavy atom. The van der Waals surface area contributed by atoms with Crippen LogP contribution in [0.25, 0.3) is 0 Å². The zero-order chi connectivity index (χ0) is 24.9. The summed E-state index contributed by atoms with van der Waals surface area (Å²) in [5, 5.41) is 0. The van der Waals surface area contributed by atoms with Crippen molar-refractivity contribution in [1.29, 1.82) is 0 Å². The summed E-state index contributed by atoms with van der Waals surface area (Å²) in [6.07, 6.45) is 10.0. The largest absolute Gasteiger partial charge is 0.465 e.